The van der Waals surface area contributed by atoms with Gasteiger partial charge in [0.25, 0.3) is 11.8 Å². The molecule has 3 rings (SSSR count). The molecule has 1 aliphatic heterocycles. The Kier molecular flexibility index (Phi) is 3.89. The number of ether oxygens (including phenoxy) is 2. The molecule has 0 atom stereocenters. The molecule has 2 aromatic rings. The Bertz CT molecular complexity index is 786. The summed E-state index contributed by atoms with van der Waals surface area (Å²) in [5, 5.41) is 0. The van der Waals surface area contributed by atoms with Gasteiger partial charge in [0.1, 0.15) is 0 Å². The van der Waals surface area contributed by atoms with E-state index in [2.05, 4.69) is 10.9 Å². The topological polar surface area (TPSA) is 76.7 Å². The Balaban J connectivity index is 1.67. The van der Waals surface area contributed by atoms with E-state index in [9.17, 15) is 9.59 Å². The van der Waals surface area contributed by atoms with E-state index in [1.807, 2.05) is 26.0 Å². The molecule has 0 radical (unpaired) electrons. The normalized spacial score (nSPS) is 11.9. The number of carbonyl (C=O) groups excluding carboxylic acids is 2. The molecule has 0 unspecified atom stereocenters. The second-order valence-corrected chi connectivity index (χ2v) is 5.29. The minimum Gasteiger partial charge on any atom is -0.454 e. The number of fused-ring (bicyclic) bond motifs is 1. The zero-order valence-corrected chi connectivity index (χ0v) is 12.8. The lowest BCUT2D eigenvalue weighted by atomic mass is 10.1. The van der Waals surface area contributed by atoms with Gasteiger partial charge in [0.15, 0.2) is 11.5 Å². The second kappa shape index (κ2) is 6.00. The first kappa shape index (κ1) is 14.9. The summed E-state index contributed by atoms with van der Waals surface area (Å²) in [5.74, 6) is 0.321. The summed E-state index contributed by atoms with van der Waals surface area (Å²) in [5.41, 5.74) is 7.53. The lowest BCUT2D eigenvalue weighted by Crippen LogP contribution is -2.41. The van der Waals surface area contributed by atoms with E-state index in [-0.39, 0.29) is 12.7 Å². The third-order valence-corrected chi connectivity index (χ3v) is 3.56. The van der Waals surface area contributed by atoms with Crippen molar-refractivity contribution in [3.63, 3.8) is 0 Å². The minimum absolute atomic E-state index is 0.143. The minimum atomic E-state index is -0.429. The molecule has 0 aliphatic carbocycles. The first-order chi connectivity index (χ1) is 11.0. The smallest absolute Gasteiger partial charge is 0.269 e. The highest BCUT2D eigenvalue weighted by Gasteiger charge is 2.17. The fourth-order valence-corrected chi connectivity index (χ4v) is 2.27. The van der Waals surface area contributed by atoms with E-state index in [4.69, 9.17) is 9.47 Å². The number of aryl methyl sites for hydroxylation is 2. The molecule has 1 aliphatic rings. The van der Waals surface area contributed by atoms with Gasteiger partial charge < -0.3 is 9.47 Å². The van der Waals surface area contributed by atoms with Crippen LogP contribution >= 0.6 is 0 Å². The number of benzene rings is 2. The number of amides is 2. The average Bonchev–Trinajstić information content (AvgIpc) is 3.02. The summed E-state index contributed by atoms with van der Waals surface area (Å²) in [6.45, 7) is 3.89. The maximum atomic E-state index is 12.2. The maximum absolute atomic E-state index is 12.2. The Hall–Kier alpha value is -3.02. The van der Waals surface area contributed by atoms with Crippen LogP contribution in [-0.2, 0) is 0 Å². The van der Waals surface area contributed by atoms with Crippen LogP contribution in [0.5, 0.6) is 11.5 Å². The molecule has 6 nitrogen and oxygen atoms in total. The number of hydrazine groups is 1. The molecule has 0 saturated heterocycles. The van der Waals surface area contributed by atoms with Crippen molar-refractivity contribution >= 4 is 11.8 Å². The molecule has 0 bridgehead atoms. The van der Waals surface area contributed by atoms with E-state index in [1.54, 1.807) is 24.3 Å². The highest BCUT2D eigenvalue weighted by Crippen LogP contribution is 2.32. The molecule has 2 aromatic carbocycles. The Morgan fingerprint density at radius 1 is 0.913 bits per heavy atom. The summed E-state index contributed by atoms with van der Waals surface area (Å²) < 4.78 is 10.4. The van der Waals surface area contributed by atoms with Crippen LogP contribution in [0.2, 0.25) is 0 Å². The van der Waals surface area contributed by atoms with Gasteiger partial charge in [-0.3, -0.25) is 20.4 Å². The van der Waals surface area contributed by atoms with E-state index >= 15 is 0 Å². The van der Waals surface area contributed by atoms with Crippen LogP contribution in [0.25, 0.3) is 0 Å². The van der Waals surface area contributed by atoms with Gasteiger partial charge in [0.2, 0.25) is 6.79 Å². The summed E-state index contributed by atoms with van der Waals surface area (Å²) in [6, 6.07) is 10.4. The van der Waals surface area contributed by atoms with Crippen LogP contribution in [-0.4, -0.2) is 18.6 Å². The van der Waals surface area contributed by atoms with Crippen molar-refractivity contribution in [3.05, 3.63) is 58.7 Å². The van der Waals surface area contributed by atoms with Gasteiger partial charge in [-0.05, 0) is 43.7 Å². The van der Waals surface area contributed by atoms with Gasteiger partial charge in [-0.25, -0.2) is 0 Å². The quantitative estimate of drug-likeness (QED) is 0.833. The Morgan fingerprint density at radius 3 is 2.48 bits per heavy atom. The third kappa shape index (κ3) is 3.11. The lowest BCUT2D eigenvalue weighted by molar-refractivity contribution is 0.0846. The van der Waals surface area contributed by atoms with Gasteiger partial charge in [-0.2, -0.15) is 0 Å². The number of rotatable bonds is 2. The van der Waals surface area contributed by atoms with Crippen molar-refractivity contribution in [2.45, 2.75) is 13.8 Å². The predicted octanol–water partition coefficient (Wildman–Crippen LogP) is 2.11. The van der Waals surface area contributed by atoms with Crippen molar-refractivity contribution in [1.29, 1.82) is 0 Å². The zero-order valence-electron chi connectivity index (χ0n) is 12.8. The lowest BCUT2D eigenvalue weighted by Gasteiger charge is -2.10. The van der Waals surface area contributed by atoms with Crippen LogP contribution in [0.4, 0.5) is 0 Å². The highest BCUT2D eigenvalue weighted by atomic mass is 16.7. The van der Waals surface area contributed by atoms with Crippen molar-refractivity contribution in [3.8, 4) is 11.5 Å². The summed E-state index contributed by atoms with van der Waals surface area (Å²) in [7, 11) is 0. The molecule has 6 heteroatoms. The fraction of sp³-hybridized carbons (Fsp3) is 0.176. The van der Waals surface area contributed by atoms with Crippen LogP contribution < -0.4 is 20.3 Å². The standard InChI is InChI=1S/C17H16N2O4/c1-10-3-4-11(2)13(7-10)17(21)19-18-16(20)12-5-6-14-15(8-12)23-9-22-14/h3-8H,9H2,1-2H3,(H,18,20)(H,19,21). The summed E-state index contributed by atoms with van der Waals surface area (Å²) in [4.78, 5) is 24.3. The van der Waals surface area contributed by atoms with Crippen molar-refractivity contribution in [2.24, 2.45) is 0 Å². The van der Waals surface area contributed by atoms with Crippen molar-refractivity contribution < 1.29 is 19.1 Å². The first-order valence-corrected chi connectivity index (χ1v) is 7.12. The average molecular weight is 312 g/mol. The largest absolute Gasteiger partial charge is 0.454 e. The molecule has 2 N–H and O–H groups in total. The molecule has 23 heavy (non-hydrogen) atoms. The second-order valence-electron chi connectivity index (χ2n) is 5.29. The molecule has 0 saturated carbocycles. The Morgan fingerprint density at radius 2 is 1.65 bits per heavy atom. The summed E-state index contributed by atoms with van der Waals surface area (Å²) >= 11 is 0. The van der Waals surface area contributed by atoms with Gasteiger partial charge in [0, 0.05) is 11.1 Å². The van der Waals surface area contributed by atoms with Crippen LogP contribution in [0.1, 0.15) is 31.8 Å². The van der Waals surface area contributed by atoms with E-state index in [0.717, 1.165) is 11.1 Å². The third-order valence-electron chi connectivity index (χ3n) is 3.56. The van der Waals surface area contributed by atoms with Gasteiger partial charge in [0.05, 0.1) is 0 Å². The fourth-order valence-electron chi connectivity index (χ4n) is 2.27. The highest BCUT2D eigenvalue weighted by molar-refractivity contribution is 6.00. The van der Waals surface area contributed by atoms with E-state index < -0.39 is 5.91 Å². The zero-order chi connectivity index (χ0) is 16.4. The van der Waals surface area contributed by atoms with Gasteiger partial charge in [-0.15, -0.1) is 0 Å². The van der Waals surface area contributed by atoms with Gasteiger partial charge >= 0.3 is 0 Å². The van der Waals surface area contributed by atoms with E-state index in [0.29, 0.717) is 22.6 Å². The number of carbonyl (C=O) groups is 2. The molecule has 118 valence electrons. The van der Waals surface area contributed by atoms with E-state index in [1.165, 1.54) is 0 Å². The SMILES string of the molecule is Cc1ccc(C)c(C(=O)NNC(=O)c2ccc3c(c2)OCO3)c1. The van der Waals surface area contributed by atoms with Crippen LogP contribution in [0.3, 0.4) is 0 Å². The first-order valence-electron chi connectivity index (χ1n) is 7.12. The number of nitrogens with one attached hydrogen (secondary N) is 2. The van der Waals surface area contributed by atoms with Crippen LogP contribution in [0.15, 0.2) is 36.4 Å². The maximum Gasteiger partial charge on any atom is 0.269 e. The molecule has 0 fully saturated rings. The van der Waals surface area contributed by atoms with Crippen molar-refractivity contribution in [2.75, 3.05) is 6.79 Å². The molecule has 1 heterocycles. The molecular formula is C17H16N2O4. The molecule has 0 aromatic heterocycles. The van der Waals surface area contributed by atoms with Crippen molar-refractivity contribution in [1.82, 2.24) is 10.9 Å². The molecule has 2 amide bonds. The van der Waals surface area contributed by atoms with Gasteiger partial charge in [-0.1, -0.05) is 17.7 Å². The summed E-state index contributed by atoms with van der Waals surface area (Å²) in [6.07, 6.45) is 0. The molecule has 0 spiro atoms. The Labute approximate surface area is 133 Å². The predicted molar refractivity (Wildman–Crippen MR) is 83.4 cm³/mol. The van der Waals surface area contributed by atoms with Crippen LogP contribution in [0, 0.1) is 13.8 Å². The molecular weight excluding hydrogens is 296 g/mol. The number of hydrogen-bond donors (Lipinski definition) is 2. The number of hydrogen-bond acceptors (Lipinski definition) is 4. The monoisotopic (exact) mass is 312 g/mol.